The minimum Gasteiger partial charge on any atom is -0.496 e. The Morgan fingerprint density at radius 3 is 2.77 bits per heavy atom. The largest absolute Gasteiger partial charge is 0.496 e. The summed E-state index contributed by atoms with van der Waals surface area (Å²) < 4.78 is 11.5. The first-order chi connectivity index (χ1) is 10.6. The van der Waals surface area contributed by atoms with E-state index in [2.05, 4.69) is 43.4 Å². The molecule has 1 saturated heterocycles. The molecule has 0 bridgehead atoms. The standard InChI is InChI=1S/C19H27NO2/c1-18(2)16(13-8-11-22-17(13)18)20-12-19(9-10-19)14-6-4-5-7-15(14)21-3/h4-7,13,16-17,20H,8-12H2,1-3H3. The van der Waals surface area contributed by atoms with E-state index < -0.39 is 0 Å². The van der Waals surface area contributed by atoms with Gasteiger partial charge in [-0.15, -0.1) is 0 Å². The Bertz CT molecular complexity index is 564. The maximum Gasteiger partial charge on any atom is 0.122 e. The van der Waals surface area contributed by atoms with Crippen molar-refractivity contribution in [1.82, 2.24) is 5.32 Å². The van der Waals surface area contributed by atoms with Crippen molar-refractivity contribution >= 4 is 0 Å². The van der Waals surface area contributed by atoms with Crippen LogP contribution in [0.4, 0.5) is 0 Å². The third-order valence-corrected chi connectivity index (χ3v) is 6.29. The highest BCUT2D eigenvalue weighted by Crippen LogP contribution is 2.54. The first-order valence-corrected chi connectivity index (χ1v) is 8.57. The van der Waals surface area contributed by atoms with E-state index in [0.29, 0.717) is 18.1 Å². The number of nitrogens with one attached hydrogen (secondary N) is 1. The summed E-state index contributed by atoms with van der Waals surface area (Å²) in [7, 11) is 1.78. The van der Waals surface area contributed by atoms with Crippen molar-refractivity contribution in [2.24, 2.45) is 11.3 Å². The molecule has 3 heteroatoms. The highest BCUT2D eigenvalue weighted by molar-refractivity contribution is 5.43. The molecule has 3 fully saturated rings. The molecular formula is C19H27NO2. The number of hydrogen-bond acceptors (Lipinski definition) is 3. The second-order valence-electron chi connectivity index (χ2n) is 7.90. The topological polar surface area (TPSA) is 30.5 Å². The van der Waals surface area contributed by atoms with Crippen molar-refractivity contribution in [2.45, 2.75) is 50.7 Å². The van der Waals surface area contributed by atoms with Gasteiger partial charge in [-0.05, 0) is 25.3 Å². The molecule has 0 radical (unpaired) electrons. The summed E-state index contributed by atoms with van der Waals surface area (Å²) in [6, 6.07) is 9.10. The molecule has 0 aromatic heterocycles. The van der Waals surface area contributed by atoms with E-state index in [4.69, 9.17) is 9.47 Å². The molecule has 3 unspecified atom stereocenters. The molecule has 0 spiro atoms. The van der Waals surface area contributed by atoms with Gasteiger partial charge in [0.1, 0.15) is 5.75 Å². The van der Waals surface area contributed by atoms with Gasteiger partial charge in [0.05, 0.1) is 13.2 Å². The molecule has 0 amide bonds. The summed E-state index contributed by atoms with van der Waals surface area (Å²) in [6.45, 7) is 6.69. The predicted octanol–water partition coefficient (Wildman–Crippen LogP) is 3.13. The fourth-order valence-electron chi connectivity index (χ4n) is 4.82. The van der Waals surface area contributed by atoms with Crippen molar-refractivity contribution in [3.63, 3.8) is 0 Å². The van der Waals surface area contributed by atoms with Crippen molar-refractivity contribution in [3.05, 3.63) is 29.8 Å². The van der Waals surface area contributed by atoms with Crippen LogP contribution in [0.3, 0.4) is 0 Å². The van der Waals surface area contributed by atoms with E-state index in [-0.39, 0.29) is 10.8 Å². The van der Waals surface area contributed by atoms with Gasteiger partial charge < -0.3 is 14.8 Å². The van der Waals surface area contributed by atoms with Crippen LogP contribution in [-0.2, 0) is 10.2 Å². The molecular weight excluding hydrogens is 274 g/mol. The Labute approximate surface area is 133 Å². The van der Waals surface area contributed by atoms with Crippen molar-refractivity contribution in [3.8, 4) is 5.75 Å². The molecule has 22 heavy (non-hydrogen) atoms. The Kier molecular flexibility index (Phi) is 3.28. The zero-order valence-corrected chi connectivity index (χ0v) is 13.9. The Hall–Kier alpha value is -1.06. The average molecular weight is 301 g/mol. The zero-order chi connectivity index (χ0) is 15.4. The number of benzene rings is 1. The SMILES string of the molecule is COc1ccccc1C1(CNC2C3CCOC3C2(C)C)CC1. The Balaban J connectivity index is 1.48. The van der Waals surface area contributed by atoms with Crippen LogP contribution in [0, 0.1) is 11.3 Å². The summed E-state index contributed by atoms with van der Waals surface area (Å²) in [5, 5.41) is 3.90. The predicted molar refractivity (Wildman–Crippen MR) is 87.3 cm³/mol. The van der Waals surface area contributed by atoms with Crippen LogP contribution >= 0.6 is 0 Å². The van der Waals surface area contributed by atoms with Crippen molar-refractivity contribution in [2.75, 3.05) is 20.3 Å². The number of hydrogen-bond donors (Lipinski definition) is 1. The fourth-order valence-corrected chi connectivity index (χ4v) is 4.82. The maximum absolute atomic E-state index is 5.91. The first-order valence-electron chi connectivity index (χ1n) is 8.57. The van der Waals surface area contributed by atoms with Crippen LogP contribution in [0.5, 0.6) is 5.75 Å². The van der Waals surface area contributed by atoms with Crippen LogP contribution in [0.25, 0.3) is 0 Å². The van der Waals surface area contributed by atoms with Crippen molar-refractivity contribution in [1.29, 1.82) is 0 Å². The number of methoxy groups -OCH3 is 1. The number of fused-ring (bicyclic) bond motifs is 1. The van der Waals surface area contributed by atoms with Gasteiger partial charge in [0.15, 0.2) is 0 Å². The monoisotopic (exact) mass is 301 g/mol. The van der Waals surface area contributed by atoms with Crippen LogP contribution in [0.15, 0.2) is 24.3 Å². The maximum atomic E-state index is 5.91. The lowest BCUT2D eigenvalue weighted by molar-refractivity contribution is -0.112. The van der Waals surface area contributed by atoms with Gasteiger partial charge in [0.25, 0.3) is 0 Å². The first kappa shape index (κ1) is 14.5. The number of ether oxygens (including phenoxy) is 2. The molecule has 1 N–H and O–H groups in total. The molecule has 1 heterocycles. The average Bonchev–Trinajstić information content (AvgIpc) is 3.17. The van der Waals surface area contributed by atoms with Gasteiger partial charge in [-0.1, -0.05) is 32.0 Å². The van der Waals surface area contributed by atoms with Gasteiger partial charge in [-0.25, -0.2) is 0 Å². The van der Waals surface area contributed by atoms with E-state index in [1.165, 1.54) is 24.8 Å². The molecule has 1 aliphatic heterocycles. The smallest absolute Gasteiger partial charge is 0.122 e. The van der Waals surface area contributed by atoms with Gasteiger partial charge in [0, 0.05) is 41.5 Å². The quantitative estimate of drug-likeness (QED) is 0.906. The molecule has 3 aliphatic rings. The summed E-state index contributed by atoms with van der Waals surface area (Å²) >= 11 is 0. The van der Waals surface area contributed by atoms with Gasteiger partial charge in [-0.2, -0.15) is 0 Å². The van der Waals surface area contributed by atoms with Crippen molar-refractivity contribution < 1.29 is 9.47 Å². The van der Waals surface area contributed by atoms with Gasteiger partial charge in [-0.3, -0.25) is 0 Å². The molecule has 2 aliphatic carbocycles. The summed E-state index contributed by atoms with van der Waals surface area (Å²) in [4.78, 5) is 0. The fraction of sp³-hybridized carbons (Fsp3) is 0.684. The third-order valence-electron chi connectivity index (χ3n) is 6.29. The Morgan fingerprint density at radius 1 is 1.27 bits per heavy atom. The van der Waals surface area contributed by atoms with Crippen LogP contribution in [-0.4, -0.2) is 32.4 Å². The molecule has 4 rings (SSSR count). The summed E-state index contributed by atoms with van der Waals surface area (Å²) in [5.41, 5.74) is 1.92. The van der Waals surface area contributed by atoms with Gasteiger partial charge in [0.2, 0.25) is 0 Å². The Morgan fingerprint density at radius 2 is 2.05 bits per heavy atom. The molecule has 2 saturated carbocycles. The molecule has 1 aromatic carbocycles. The summed E-state index contributed by atoms with van der Waals surface area (Å²) in [5.74, 6) is 1.75. The molecule has 1 aromatic rings. The lowest BCUT2D eigenvalue weighted by atomic mass is 9.57. The second-order valence-corrected chi connectivity index (χ2v) is 7.90. The lowest BCUT2D eigenvalue weighted by Crippen LogP contribution is -2.66. The highest BCUT2D eigenvalue weighted by atomic mass is 16.5. The zero-order valence-electron chi connectivity index (χ0n) is 13.9. The normalized spacial score (nSPS) is 33.9. The van der Waals surface area contributed by atoms with Gasteiger partial charge >= 0.3 is 0 Å². The highest BCUT2D eigenvalue weighted by Gasteiger charge is 2.59. The summed E-state index contributed by atoms with van der Waals surface area (Å²) in [6.07, 6.45) is 4.20. The molecule has 3 atom stereocenters. The number of rotatable bonds is 5. The van der Waals surface area contributed by atoms with E-state index >= 15 is 0 Å². The second kappa shape index (κ2) is 4.97. The minimum atomic E-state index is 0.262. The van der Waals surface area contributed by atoms with E-state index in [1.54, 1.807) is 7.11 Å². The van der Waals surface area contributed by atoms with E-state index in [9.17, 15) is 0 Å². The lowest BCUT2D eigenvalue weighted by Gasteiger charge is -2.55. The third kappa shape index (κ3) is 2.02. The molecule has 120 valence electrons. The number of para-hydroxylation sites is 1. The van der Waals surface area contributed by atoms with Crippen LogP contribution in [0.2, 0.25) is 0 Å². The van der Waals surface area contributed by atoms with E-state index in [1.807, 2.05) is 0 Å². The van der Waals surface area contributed by atoms with E-state index in [0.717, 1.165) is 18.9 Å². The molecule has 3 nitrogen and oxygen atoms in total. The van der Waals surface area contributed by atoms with Crippen LogP contribution < -0.4 is 10.1 Å². The minimum absolute atomic E-state index is 0.262. The van der Waals surface area contributed by atoms with Crippen LogP contribution in [0.1, 0.15) is 38.7 Å².